The number of benzene rings is 1. The Labute approximate surface area is 74.6 Å². The minimum absolute atomic E-state index is 0.648. The number of fused-ring (bicyclic) bond motifs is 1. The van der Waals surface area contributed by atoms with E-state index in [1.54, 1.807) is 18.3 Å². The average Bonchev–Trinajstić information content (AvgIpc) is 2.45. The fourth-order valence-corrected chi connectivity index (χ4v) is 1.46. The van der Waals surface area contributed by atoms with Crippen molar-refractivity contribution in [3.63, 3.8) is 0 Å². The minimum Gasteiger partial charge on any atom is -0.255 e. The van der Waals surface area contributed by atoms with Crippen LogP contribution in [-0.2, 0) is 0 Å². The van der Waals surface area contributed by atoms with Gasteiger partial charge in [0.25, 0.3) is 0 Å². The highest BCUT2D eigenvalue weighted by Crippen LogP contribution is 2.35. The molecule has 0 fully saturated rings. The van der Waals surface area contributed by atoms with Gasteiger partial charge >= 0.3 is 0 Å². The van der Waals surface area contributed by atoms with Crippen LogP contribution in [0.2, 0.25) is 10.0 Å². The first kappa shape index (κ1) is 7.01. The fraction of sp³-hybridized carbons (Fsp3) is 0. The highest BCUT2D eigenvalue weighted by atomic mass is 35.5. The normalized spacial score (nSPS) is 12.9. The average molecular weight is 185 g/mol. The Hall–Kier alpha value is -0.660. The Balaban J connectivity index is 2.71. The van der Waals surface area contributed by atoms with Gasteiger partial charge in [0.1, 0.15) is 0 Å². The van der Waals surface area contributed by atoms with Gasteiger partial charge in [-0.25, -0.2) is 0 Å². The summed E-state index contributed by atoms with van der Waals surface area (Å²) in [5.74, 6) is 0. The van der Waals surface area contributed by atoms with E-state index in [1.807, 2.05) is 6.08 Å². The van der Waals surface area contributed by atoms with E-state index in [4.69, 9.17) is 23.2 Å². The first-order valence-electron chi connectivity index (χ1n) is 3.14. The topological polar surface area (TPSA) is 14.1 Å². The third-order valence-electron chi connectivity index (χ3n) is 1.56. The van der Waals surface area contributed by atoms with Crippen molar-refractivity contribution in [1.82, 2.24) is 5.32 Å². The van der Waals surface area contributed by atoms with Crippen LogP contribution in [0.5, 0.6) is 0 Å². The quantitative estimate of drug-likeness (QED) is 0.589. The predicted octanol–water partition coefficient (Wildman–Crippen LogP) is 3.21. The molecule has 1 aromatic carbocycles. The fourth-order valence-electron chi connectivity index (χ4n) is 1.03. The molecule has 0 N–H and O–H groups in total. The number of hydrogen-bond donors (Lipinski definition) is 0. The van der Waals surface area contributed by atoms with Crippen molar-refractivity contribution in [2.45, 2.75) is 0 Å². The Morgan fingerprint density at radius 2 is 1.82 bits per heavy atom. The summed E-state index contributed by atoms with van der Waals surface area (Å²) in [5, 5.41) is 5.41. The summed E-state index contributed by atoms with van der Waals surface area (Å²) < 4.78 is 0. The zero-order valence-corrected chi connectivity index (χ0v) is 7.02. The lowest BCUT2D eigenvalue weighted by Gasteiger charge is -2.01. The molecule has 0 aliphatic carbocycles. The zero-order valence-electron chi connectivity index (χ0n) is 5.51. The second kappa shape index (κ2) is 2.43. The first-order valence-corrected chi connectivity index (χ1v) is 3.90. The maximum atomic E-state index is 5.87. The highest BCUT2D eigenvalue weighted by molar-refractivity contribution is 6.36. The van der Waals surface area contributed by atoms with E-state index in [9.17, 15) is 0 Å². The molecule has 55 valence electrons. The van der Waals surface area contributed by atoms with Gasteiger partial charge in [-0.05, 0) is 18.2 Å². The lowest BCUT2D eigenvalue weighted by atomic mass is 10.2. The predicted molar refractivity (Wildman–Crippen MR) is 47.3 cm³/mol. The van der Waals surface area contributed by atoms with Crippen molar-refractivity contribution in [2.75, 3.05) is 0 Å². The minimum atomic E-state index is 0.648. The van der Waals surface area contributed by atoms with Crippen LogP contribution in [0.15, 0.2) is 18.3 Å². The third kappa shape index (κ3) is 1.01. The standard InChI is InChI=1S/C8H4Cl2N/c9-6-1-2-7(10)8-5(6)3-4-11-8/h1-4H. The van der Waals surface area contributed by atoms with Gasteiger partial charge in [-0.3, -0.25) is 5.32 Å². The highest BCUT2D eigenvalue weighted by Gasteiger charge is 2.12. The summed E-state index contributed by atoms with van der Waals surface area (Å²) in [4.78, 5) is 0. The van der Waals surface area contributed by atoms with E-state index in [0.29, 0.717) is 10.0 Å². The van der Waals surface area contributed by atoms with E-state index in [-0.39, 0.29) is 0 Å². The van der Waals surface area contributed by atoms with Crippen LogP contribution in [0.3, 0.4) is 0 Å². The van der Waals surface area contributed by atoms with Gasteiger partial charge in [0.15, 0.2) is 0 Å². The van der Waals surface area contributed by atoms with Gasteiger partial charge in [0, 0.05) is 11.8 Å². The Kier molecular flexibility index (Phi) is 1.55. The molecule has 0 aromatic heterocycles. The second-order valence-electron chi connectivity index (χ2n) is 2.24. The molecular formula is C8H4Cl2N. The van der Waals surface area contributed by atoms with Gasteiger partial charge in [-0.1, -0.05) is 23.2 Å². The van der Waals surface area contributed by atoms with Crippen molar-refractivity contribution in [3.05, 3.63) is 33.9 Å². The largest absolute Gasteiger partial charge is 0.255 e. The van der Waals surface area contributed by atoms with Crippen LogP contribution in [0.4, 0.5) is 5.69 Å². The van der Waals surface area contributed by atoms with Crippen LogP contribution in [-0.4, -0.2) is 0 Å². The lowest BCUT2D eigenvalue weighted by molar-refractivity contribution is 1.22. The number of hydrogen-bond acceptors (Lipinski definition) is 0. The van der Waals surface area contributed by atoms with E-state index in [1.165, 1.54) is 0 Å². The van der Waals surface area contributed by atoms with Crippen LogP contribution in [0.25, 0.3) is 6.08 Å². The smallest absolute Gasteiger partial charge is 0.0903 e. The molecule has 1 heterocycles. The molecule has 0 bridgehead atoms. The summed E-state index contributed by atoms with van der Waals surface area (Å²) in [6, 6.07) is 3.52. The van der Waals surface area contributed by atoms with Crippen molar-refractivity contribution in [2.24, 2.45) is 0 Å². The molecule has 1 radical (unpaired) electrons. The third-order valence-corrected chi connectivity index (χ3v) is 2.19. The molecule has 1 aromatic rings. The Morgan fingerprint density at radius 3 is 2.55 bits per heavy atom. The van der Waals surface area contributed by atoms with Gasteiger partial charge < -0.3 is 0 Å². The lowest BCUT2D eigenvalue weighted by Crippen LogP contribution is -1.83. The summed E-state index contributed by atoms with van der Waals surface area (Å²) in [7, 11) is 0. The van der Waals surface area contributed by atoms with Gasteiger partial charge in [-0.15, -0.1) is 0 Å². The van der Waals surface area contributed by atoms with E-state index in [2.05, 4.69) is 5.32 Å². The first-order chi connectivity index (χ1) is 5.29. The van der Waals surface area contributed by atoms with Gasteiger partial charge in [-0.2, -0.15) is 0 Å². The monoisotopic (exact) mass is 184 g/mol. The van der Waals surface area contributed by atoms with Crippen molar-refractivity contribution in [1.29, 1.82) is 0 Å². The maximum Gasteiger partial charge on any atom is 0.0903 e. The SMILES string of the molecule is Clc1ccc(Cl)c2c1C=C[N]2. The molecule has 0 amide bonds. The number of nitrogens with zero attached hydrogens (tertiary/aromatic N) is 1. The molecule has 1 aliphatic heterocycles. The Bertz CT molecular complexity index is 331. The second-order valence-corrected chi connectivity index (χ2v) is 3.05. The molecule has 0 saturated heterocycles. The summed E-state index contributed by atoms with van der Waals surface area (Å²) in [6.07, 6.45) is 3.55. The molecular weight excluding hydrogens is 181 g/mol. The molecule has 3 heteroatoms. The number of rotatable bonds is 0. The summed E-state index contributed by atoms with van der Waals surface area (Å²) in [5.41, 5.74) is 1.69. The number of halogens is 2. The summed E-state index contributed by atoms with van der Waals surface area (Å²) >= 11 is 11.7. The molecule has 0 unspecified atom stereocenters. The van der Waals surface area contributed by atoms with Crippen molar-refractivity contribution in [3.8, 4) is 0 Å². The van der Waals surface area contributed by atoms with E-state index >= 15 is 0 Å². The molecule has 0 atom stereocenters. The Morgan fingerprint density at radius 1 is 1.09 bits per heavy atom. The molecule has 1 aliphatic rings. The molecule has 0 spiro atoms. The molecule has 2 rings (SSSR count). The molecule has 11 heavy (non-hydrogen) atoms. The zero-order chi connectivity index (χ0) is 7.84. The van der Waals surface area contributed by atoms with Crippen molar-refractivity contribution >= 4 is 35.0 Å². The van der Waals surface area contributed by atoms with Crippen LogP contribution in [0, 0.1) is 0 Å². The van der Waals surface area contributed by atoms with Gasteiger partial charge in [0.05, 0.1) is 15.7 Å². The van der Waals surface area contributed by atoms with E-state index < -0.39 is 0 Å². The van der Waals surface area contributed by atoms with E-state index in [0.717, 1.165) is 11.3 Å². The van der Waals surface area contributed by atoms with Crippen LogP contribution in [0.1, 0.15) is 5.56 Å². The van der Waals surface area contributed by atoms with Crippen LogP contribution >= 0.6 is 23.2 Å². The van der Waals surface area contributed by atoms with Gasteiger partial charge in [0.2, 0.25) is 0 Å². The van der Waals surface area contributed by atoms with Crippen LogP contribution < -0.4 is 5.32 Å². The maximum absolute atomic E-state index is 5.87. The van der Waals surface area contributed by atoms with Crippen molar-refractivity contribution < 1.29 is 0 Å². The molecule has 1 nitrogen and oxygen atoms in total. The summed E-state index contributed by atoms with van der Waals surface area (Å²) in [6.45, 7) is 0. The molecule has 0 saturated carbocycles.